The Morgan fingerprint density at radius 3 is 2.71 bits per heavy atom. The Morgan fingerprint density at radius 2 is 1.90 bits per heavy atom. The Balaban J connectivity index is 1.39. The topological polar surface area (TPSA) is 78.9 Å². The van der Waals surface area contributed by atoms with Gasteiger partial charge in [0.2, 0.25) is 5.89 Å². The Kier molecular flexibility index (Phi) is 6.73. The lowest BCUT2D eigenvalue weighted by Gasteiger charge is -2.09. The van der Waals surface area contributed by atoms with Gasteiger partial charge in [-0.05, 0) is 17.7 Å². The van der Waals surface area contributed by atoms with E-state index < -0.39 is 5.82 Å². The predicted molar refractivity (Wildman–Crippen MR) is 114 cm³/mol. The van der Waals surface area contributed by atoms with Crippen LogP contribution in [0.1, 0.15) is 23.1 Å². The van der Waals surface area contributed by atoms with Gasteiger partial charge in [0.15, 0.2) is 28.4 Å². The monoisotopic (exact) mass is 437 g/mol. The number of aromatic nitrogens is 5. The fourth-order valence-electron chi connectivity index (χ4n) is 2.87. The smallest absolute Gasteiger partial charge is 0.237 e. The van der Waals surface area contributed by atoms with E-state index in [9.17, 15) is 4.39 Å². The molecule has 2 aromatic carbocycles. The zero-order valence-electron chi connectivity index (χ0n) is 16.6. The third-order valence-electron chi connectivity index (χ3n) is 4.34. The zero-order valence-corrected chi connectivity index (χ0v) is 17.5. The van der Waals surface area contributed by atoms with Crippen LogP contribution < -0.4 is 4.74 Å². The van der Waals surface area contributed by atoms with Gasteiger partial charge in [0.05, 0.1) is 5.75 Å². The molecule has 0 N–H and O–H groups in total. The summed E-state index contributed by atoms with van der Waals surface area (Å²) in [6.07, 6.45) is 2.35. The zero-order chi connectivity index (χ0) is 21.5. The standard InChI is InChI=1S/C22H20FN5O2S/c1-2-12-28-20(14-29-18-11-7-6-10-17(18)23)25-26-22(28)31-15-21-24-19(27-30-21)13-16-8-4-3-5-9-16/h2-11H,1,12-15H2. The molecule has 0 radical (unpaired) electrons. The first-order valence-electron chi connectivity index (χ1n) is 9.61. The fourth-order valence-corrected chi connectivity index (χ4v) is 3.68. The van der Waals surface area contributed by atoms with Gasteiger partial charge in [-0.25, -0.2) is 4.39 Å². The van der Waals surface area contributed by atoms with Crippen LogP contribution in [0, 0.1) is 5.82 Å². The van der Waals surface area contributed by atoms with Crippen molar-refractivity contribution in [2.24, 2.45) is 0 Å². The van der Waals surface area contributed by atoms with Gasteiger partial charge in [-0.1, -0.05) is 65.5 Å². The highest BCUT2D eigenvalue weighted by Gasteiger charge is 2.15. The number of rotatable bonds is 10. The van der Waals surface area contributed by atoms with Crippen LogP contribution in [0.5, 0.6) is 5.75 Å². The molecule has 0 fully saturated rings. The minimum Gasteiger partial charge on any atom is -0.483 e. The molecule has 0 spiro atoms. The largest absolute Gasteiger partial charge is 0.483 e. The molecular weight excluding hydrogens is 417 g/mol. The molecule has 4 aromatic rings. The van der Waals surface area contributed by atoms with Crippen LogP contribution in [0.2, 0.25) is 0 Å². The average Bonchev–Trinajstić information content (AvgIpc) is 3.39. The predicted octanol–water partition coefficient (Wildman–Crippen LogP) is 4.45. The first-order chi connectivity index (χ1) is 15.2. The summed E-state index contributed by atoms with van der Waals surface area (Å²) in [6.45, 7) is 4.37. The lowest BCUT2D eigenvalue weighted by atomic mass is 10.1. The molecule has 0 saturated carbocycles. The number of ether oxygens (including phenoxy) is 1. The fraction of sp³-hybridized carbons (Fsp3) is 0.182. The average molecular weight is 438 g/mol. The molecular formula is C22H20FN5O2S. The molecule has 9 heteroatoms. The lowest BCUT2D eigenvalue weighted by Crippen LogP contribution is -2.08. The van der Waals surface area contributed by atoms with E-state index in [4.69, 9.17) is 9.26 Å². The lowest BCUT2D eigenvalue weighted by molar-refractivity contribution is 0.275. The van der Waals surface area contributed by atoms with E-state index in [2.05, 4.69) is 26.9 Å². The molecule has 0 aliphatic rings. The van der Waals surface area contributed by atoms with E-state index in [0.29, 0.717) is 41.4 Å². The number of thioether (sulfide) groups is 1. The van der Waals surface area contributed by atoms with Crippen molar-refractivity contribution >= 4 is 11.8 Å². The van der Waals surface area contributed by atoms with Crippen molar-refractivity contribution in [1.82, 2.24) is 24.9 Å². The molecule has 2 aromatic heterocycles. The van der Waals surface area contributed by atoms with Crippen LogP contribution in [-0.2, 0) is 25.3 Å². The van der Waals surface area contributed by atoms with E-state index in [1.54, 1.807) is 24.3 Å². The minimum atomic E-state index is -0.422. The van der Waals surface area contributed by atoms with Crippen molar-refractivity contribution < 1.29 is 13.7 Å². The number of hydrogen-bond acceptors (Lipinski definition) is 7. The number of hydrogen-bond donors (Lipinski definition) is 0. The molecule has 0 unspecified atom stereocenters. The third-order valence-corrected chi connectivity index (χ3v) is 5.29. The third kappa shape index (κ3) is 5.37. The van der Waals surface area contributed by atoms with E-state index in [1.807, 2.05) is 34.9 Å². The SMILES string of the molecule is C=CCn1c(COc2ccccc2F)nnc1SCc1nc(Cc2ccccc2)no1. The van der Waals surface area contributed by atoms with Crippen molar-refractivity contribution in [2.75, 3.05) is 0 Å². The minimum absolute atomic E-state index is 0.0874. The maximum atomic E-state index is 13.8. The van der Waals surface area contributed by atoms with Crippen molar-refractivity contribution in [1.29, 1.82) is 0 Å². The van der Waals surface area contributed by atoms with Crippen LogP contribution in [0.15, 0.2) is 76.9 Å². The molecule has 0 amide bonds. The Labute approximate surface area is 183 Å². The van der Waals surface area contributed by atoms with E-state index >= 15 is 0 Å². The Bertz CT molecular complexity index is 1150. The summed E-state index contributed by atoms with van der Waals surface area (Å²) in [4.78, 5) is 4.45. The van der Waals surface area contributed by atoms with Crippen molar-refractivity contribution in [3.8, 4) is 5.75 Å². The maximum Gasteiger partial charge on any atom is 0.237 e. The molecule has 2 heterocycles. The molecule has 158 valence electrons. The van der Waals surface area contributed by atoms with E-state index in [1.165, 1.54) is 17.8 Å². The molecule has 4 rings (SSSR count). The van der Waals surface area contributed by atoms with Crippen LogP contribution in [0.25, 0.3) is 0 Å². The highest BCUT2D eigenvalue weighted by Crippen LogP contribution is 2.23. The highest BCUT2D eigenvalue weighted by atomic mass is 32.2. The Hall–Kier alpha value is -3.46. The van der Waals surface area contributed by atoms with Crippen LogP contribution in [0.4, 0.5) is 4.39 Å². The Morgan fingerprint density at radius 1 is 1.10 bits per heavy atom. The highest BCUT2D eigenvalue weighted by molar-refractivity contribution is 7.98. The molecule has 0 saturated heterocycles. The second-order valence-electron chi connectivity index (χ2n) is 6.57. The van der Waals surface area contributed by atoms with Crippen molar-refractivity contribution in [2.45, 2.75) is 30.5 Å². The summed E-state index contributed by atoms with van der Waals surface area (Å²) in [6, 6.07) is 16.2. The normalized spacial score (nSPS) is 10.9. The second-order valence-corrected chi connectivity index (χ2v) is 7.52. The van der Waals surface area contributed by atoms with Gasteiger partial charge < -0.3 is 9.26 Å². The molecule has 0 aliphatic carbocycles. The summed E-state index contributed by atoms with van der Waals surface area (Å²) in [5.41, 5.74) is 1.12. The molecule has 31 heavy (non-hydrogen) atoms. The van der Waals surface area contributed by atoms with Crippen molar-refractivity contribution in [3.05, 3.63) is 96.2 Å². The molecule has 0 aliphatic heterocycles. The van der Waals surface area contributed by atoms with Gasteiger partial charge in [-0.2, -0.15) is 4.98 Å². The van der Waals surface area contributed by atoms with Gasteiger partial charge >= 0.3 is 0 Å². The van der Waals surface area contributed by atoms with E-state index in [-0.39, 0.29) is 12.4 Å². The summed E-state index contributed by atoms with van der Waals surface area (Å²) in [5, 5.41) is 13.1. The van der Waals surface area contributed by atoms with Crippen LogP contribution in [-0.4, -0.2) is 24.9 Å². The quantitative estimate of drug-likeness (QED) is 0.268. The first kappa shape index (κ1) is 20.8. The van der Waals surface area contributed by atoms with Gasteiger partial charge in [0, 0.05) is 13.0 Å². The van der Waals surface area contributed by atoms with Crippen molar-refractivity contribution in [3.63, 3.8) is 0 Å². The number of allylic oxidation sites excluding steroid dienone is 1. The maximum absolute atomic E-state index is 13.8. The number of para-hydroxylation sites is 1. The second kappa shape index (κ2) is 10.0. The van der Waals surface area contributed by atoms with Crippen LogP contribution in [0.3, 0.4) is 0 Å². The summed E-state index contributed by atoms with van der Waals surface area (Å²) in [5.74, 6) is 1.91. The number of benzene rings is 2. The summed E-state index contributed by atoms with van der Waals surface area (Å²) < 4.78 is 26.6. The number of halogens is 1. The van der Waals surface area contributed by atoms with E-state index in [0.717, 1.165) is 5.56 Å². The van der Waals surface area contributed by atoms with Crippen LogP contribution >= 0.6 is 11.8 Å². The van der Waals surface area contributed by atoms with Gasteiger partial charge in [-0.3, -0.25) is 4.57 Å². The molecule has 7 nitrogen and oxygen atoms in total. The van der Waals surface area contributed by atoms with Gasteiger partial charge in [0.25, 0.3) is 0 Å². The van der Waals surface area contributed by atoms with Gasteiger partial charge in [0.1, 0.15) is 6.61 Å². The summed E-state index contributed by atoms with van der Waals surface area (Å²) in [7, 11) is 0. The number of nitrogens with zero attached hydrogens (tertiary/aromatic N) is 5. The van der Waals surface area contributed by atoms with Gasteiger partial charge in [-0.15, -0.1) is 16.8 Å². The first-order valence-corrected chi connectivity index (χ1v) is 10.6. The molecule has 0 atom stereocenters. The molecule has 0 bridgehead atoms. The summed E-state index contributed by atoms with van der Waals surface area (Å²) >= 11 is 1.42.